The molecule has 0 radical (unpaired) electrons. The second-order valence-corrected chi connectivity index (χ2v) is 5.09. The van der Waals surface area contributed by atoms with E-state index in [1.165, 1.54) is 6.07 Å². The molecule has 0 aliphatic heterocycles. The summed E-state index contributed by atoms with van der Waals surface area (Å²) in [6.45, 7) is 2.02. The number of nitrogens with zero attached hydrogens (tertiary/aromatic N) is 3. The number of nitrogens with one attached hydrogen (secondary N) is 1. The Balaban J connectivity index is 2.38. The number of aryl methyl sites for hydroxylation is 2. The first kappa shape index (κ1) is 13.8. The van der Waals surface area contributed by atoms with Crippen LogP contribution in [0.4, 0.5) is 4.39 Å². The maximum absolute atomic E-state index is 14.2. The average Bonchev–Trinajstić information content (AvgIpc) is 2.96. The zero-order valence-electron chi connectivity index (χ0n) is 12.0. The van der Waals surface area contributed by atoms with Gasteiger partial charge in [-0.2, -0.15) is 5.10 Å². The lowest BCUT2D eigenvalue weighted by molar-refractivity contribution is 0.413. The van der Waals surface area contributed by atoms with Crippen molar-refractivity contribution in [2.45, 2.75) is 13.3 Å². The van der Waals surface area contributed by atoms with E-state index in [1.807, 2.05) is 14.0 Å². The molecular weight excluding hydrogens is 291 g/mol. The molecule has 0 bridgehead atoms. The number of imidazole rings is 1. The second-order valence-electron chi connectivity index (χ2n) is 4.71. The number of fused-ring (bicyclic) bond motifs is 1. The van der Waals surface area contributed by atoms with E-state index in [2.05, 4.69) is 10.1 Å². The van der Waals surface area contributed by atoms with Crippen LogP contribution in [-0.2, 0) is 13.5 Å². The van der Waals surface area contributed by atoms with Crippen molar-refractivity contribution in [2.24, 2.45) is 7.05 Å². The summed E-state index contributed by atoms with van der Waals surface area (Å²) in [5, 5.41) is 4.43. The van der Waals surface area contributed by atoms with Crippen molar-refractivity contribution < 1.29 is 9.13 Å². The summed E-state index contributed by atoms with van der Waals surface area (Å²) in [6, 6.07) is 4.57. The molecule has 0 fully saturated rings. The largest absolute Gasteiger partial charge is 0.497 e. The Morgan fingerprint density at radius 3 is 2.86 bits per heavy atom. The van der Waals surface area contributed by atoms with Gasteiger partial charge in [0.2, 0.25) is 0 Å². The molecule has 2 heterocycles. The van der Waals surface area contributed by atoms with E-state index in [0.29, 0.717) is 16.2 Å². The van der Waals surface area contributed by atoms with E-state index in [-0.39, 0.29) is 5.82 Å². The van der Waals surface area contributed by atoms with Crippen molar-refractivity contribution in [1.29, 1.82) is 0 Å². The van der Waals surface area contributed by atoms with Gasteiger partial charge in [0.25, 0.3) is 0 Å². The van der Waals surface area contributed by atoms with Gasteiger partial charge in [0, 0.05) is 13.1 Å². The van der Waals surface area contributed by atoms with Gasteiger partial charge in [-0.05, 0) is 30.8 Å². The molecule has 5 nitrogen and oxygen atoms in total. The molecule has 21 heavy (non-hydrogen) atoms. The molecule has 0 unspecified atom stereocenters. The van der Waals surface area contributed by atoms with Crippen molar-refractivity contribution >= 4 is 23.4 Å². The highest BCUT2D eigenvalue weighted by atomic mass is 32.1. The summed E-state index contributed by atoms with van der Waals surface area (Å²) in [4.78, 5) is 3.12. The molecule has 110 valence electrons. The fourth-order valence-electron chi connectivity index (χ4n) is 2.47. The number of ether oxygens (including phenoxy) is 1. The predicted molar refractivity (Wildman–Crippen MR) is 81.1 cm³/mol. The number of aromatic amines is 1. The molecular formula is C14H15FN4OS. The summed E-state index contributed by atoms with van der Waals surface area (Å²) in [6.07, 6.45) is 0.771. The molecule has 7 heteroatoms. The second kappa shape index (κ2) is 5.00. The predicted octanol–water partition coefficient (Wildman–Crippen LogP) is 3.13. The van der Waals surface area contributed by atoms with Crippen molar-refractivity contribution in [3.63, 3.8) is 0 Å². The third-order valence-electron chi connectivity index (χ3n) is 3.47. The molecule has 0 saturated carbocycles. The Hall–Kier alpha value is -2.15. The SMILES string of the molecule is CCc1nn(C)c2c1[nH]c(=S)n2-c1cc(OC)ccc1F. The Bertz CT molecular complexity index is 877. The Morgan fingerprint density at radius 2 is 2.19 bits per heavy atom. The molecule has 2 aromatic heterocycles. The monoisotopic (exact) mass is 306 g/mol. The number of halogens is 1. The molecule has 1 N–H and O–H groups in total. The van der Waals surface area contributed by atoms with E-state index in [4.69, 9.17) is 17.0 Å². The first-order chi connectivity index (χ1) is 10.1. The van der Waals surface area contributed by atoms with Gasteiger partial charge in [-0.15, -0.1) is 0 Å². The first-order valence-electron chi connectivity index (χ1n) is 6.57. The lowest BCUT2D eigenvalue weighted by Crippen LogP contribution is -2.03. The topological polar surface area (TPSA) is 47.8 Å². The fourth-order valence-corrected chi connectivity index (χ4v) is 2.76. The van der Waals surface area contributed by atoms with Crippen LogP contribution in [-0.4, -0.2) is 26.4 Å². The minimum Gasteiger partial charge on any atom is -0.497 e. The zero-order chi connectivity index (χ0) is 15.1. The molecule has 3 aromatic rings. The van der Waals surface area contributed by atoms with Gasteiger partial charge in [-0.25, -0.2) is 9.07 Å². The highest BCUT2D eigenvalue weighted by Gasteiger charge is 2.18. The number of benzene rings is 1. The van der Waals surface area contributed by atoms with Gasteiger partial charge >= 0.3 is 0 Å². The molecule has 0 spiro atoms. The molecule has 0 atom stereocenters. The van der Waals surface area contributed by atoms with Gasteiger partial charge < -0.3 is 9.72 Å². The third-order valence-corrected chi connectivity index (χ3v) is 3.75. The first-order valence-corrected chi connectivity index (χ1v) is 6.98. The standard InChI is InChI=1S/C14H15FN4OS/c1-4-10-12-13(18(2)17-10)19(14(21)16-12)11-7-8(20-3)5-6-9(11)15/h5-7H,4H2,1-3H3,(H,16,21). The molecule has 0 aliphatic carbocycles. The van der Waals surface area contributed by atoms with Crippen molar-refractivity contribution in [2.75, 3.05) is 7.11 Å². The lowest BCUT2D eigenvalue weighted by Gasteiger charge is -2.08. The average molecular weight is 306 g/mol. The van der Waals surface area contributed by atoms with Gasteiger partial charge in [0.1, 0.15) is 17.1 Å². The maximum atomic E-state index is 14.2. The van der Waals surface area contributed by atoms with Crippen LogP contribution in [0.25, 0.3) is 16.9 Å². The van der Waals surface area contributed by atoms with Crippen LogP contribution in [0.3, 0.4) is 0 Å². The van der Waals surface area contributed by atoms with E-state index in [0.717, 1.165) is 23.3 Å². The number of H-pyrrole nitrogens is 1. The highest BCUT2D eigenvalue weighted by Crippen LogP contribution is 2.26. The number of methoxy groups -OCH3 is 1. The van der Waals surface area contributed by atoms with Crippen LogP contribution < -0.4 is 4.74 Å². The van der Waals surface area contributed by atoms with Gasteiger partial charge in [0.15, 0.2) is 10.4 Å². The fraction of sp³-hybridized carbons (Fsp3) is 0.286. The summed E-state index contributed by atoms with van der Waals surface area (Å²) >= 11 is 5.35. The van der Waals surface area contributed by atoms with Crippen molar-refractivity contribution in [3.05, 3.63) is 34.5 Å². The summed E-state index contributed by atoms with van der Waals surface area (Å²) < 4.78 is 23.2. The number of hydrogen-bond donors (Lipinski definition) is 1. The van der Waals surface area contributed by atoms with Crippen molar-refractivity contribution in [1.82, 2.24) is 19.3 Å². The smallest absolute Gasteiger partial charge is 0.184 e. The molecule has 0 aliphatic rings. The maximum Gasteiger partial charge on any atom is 0.184 e. The molecule has 0 amide bonds. The minimum absolute atomic E-state index is 0.344. The van der Waals surface area contributed by atoms with Gasteiger partial charge in [-0.1, -0.05) is 6.92 Å². The Morgan fingerprint density at radius 1 is 1.43 bits per heavy atom. The van der Waals surface area contributed by atoms with Crippen LogP contribution in [0.1, 0.15) is 12.6 Å². The van der Waals surface area contributed by atoms with Gasteiger partial charge in [0.05, 0.1) is 18.5 Å². The quantitative estimate of drug-likeness (QED) is 0.756. The van der Waals surface area contributed by atoms with Crippen LogP contribution in [0.5, 0.6) is 5.75 Å². The van der Waals surface area contributed by atoms with E-state index >= 15 is 0 Å². The Kier molecular flexibility index (Phi) is 3.29. The van der Waals surface area contributed by atoms with Crippen LogP contribution in [0.15, 0.2) is 18.2 Å². The third kappa shape index (κ3) is 2.04. The summed E-state index contributed by atoms with van der Waals surface area (Å²) in [7, 11) is 3.36. The van der Waals surface area contributed by atoms with Crippen molar-refractivity contribution in [3.8, 4) is 11.4 Å². The zero-order valence-corrected chi connectivity index (χ0v) is 12.8. The summed E-state index contributed by atoms with van der Waals surface area (Å²) in [5.74, 6) is 0.201. The number of hydrogen-bond acceptors (Lipinski definition) is 3. The summed E-state index contributed by atoms with van der Waals surface area (Å²) in [5.41, 5.74) is 2.83. The molecule has 3 rings (SSSR count). The van der Waals surface area contributed by atoms with Crippen LogP contribution in [0, 0.1) is 10.6 Å². The normalized spacial score (nSPS) is 11.2. The van der Waals surface area contributed by atoms with Crippen LogP contribution >= 0.6 is 12.2 Å². The van der Waals surface area contributed by atoms with E-state index < -0.39 is 0 Å². The number of rotatable bonds is 3. The highest BCUT2D eigenvalue weighted by molar-refractivity contribution is 7.71. The number of aromatic nitrogens is 4. The minimum atomic E-state index is -0.368. The van der Waals surface area contributed by atoms with Crippen LogP contribution in [0.2, 0.25) is 0 Å². The van der Waals surface area contributed by atoms with E-state index in [1.54, 1.807) is 28.5 Å². The molecule has 0 saturated heterocycles. The lowest BCUT2D eigenvalue weighted by atomic mass is 10.2. The molecule has 1 aromatic carbocycles. The van der Waals surface area contributed by atoms with E-state index in [9.17, 15) is 4.39 Å². The Labute approximate surface area is 126 Å². The van der Waals surface area contributed by atoms with Gasteiger partial charge in [-0.3, -0.25) is 4.57 Å².